The Balaban J connectivity index is 2.44. The van der Waals surface area contributed by atoms with Crippen molar-refractivity contribution >= 4 is 11.6 Å². The fraction of sp³-hybridized carbons (Fsp3) is 0.625. The first-order valence-corrected chi connectivity index (χ1v) is 7.59. The maximum absolute atomic E-state index is 6.42. The minimum Gasteiger partial charge on any atom is -0.490 e. The zero-order chi connectivity index (χ0) is 14.0. The first-order valence-electron chi connectivity index (χ1n) is 7.21. The van der Waals surface area contributed by atoms with E-state index < -0.39 is 0 Å². The smallest absolute Gasteiger partial charge is 0.142 e. The maximum Gasteiger partial charge on any atom is 0.142 e. The lowest BCUT2D eigenvalue weighted by molar-refractivity contribution is 0.226. The molecule has 19 heavy (non-hydrogen) atoms. The van der Waals surface area contributed by atoms with Crippen LogP contribution in [0.1, 0.15) is 49.8 Å². The summed E-state index contributed by atoms with van der Waals surface area (Å²) in [5.41, 5.74) is 3.96. The predicted molar refractivity (Wildman–Crippen MR) is 81.3 cm³/mol. The van der Waals surface area contributed by atoms with Crippen LogP contribution >= 0.6 is 11.6 Å². The number of benzene rings is 1. The fourth-order valence-electron chi connectivity index (χ4n) is 2.83. The van der Waals surface area contributed by atoms with E-state index in [2.05, 4.69) is 38.7 Å². The molecule has 0 fully saturated rings. The predicted octanol–water partition coefficient (Wildman–Crippen LogP) is 4.38. The lowest BCUT2D eigenvalue weighted by atomic mass is 9.93. The van der Waals surface area contributed by atoms with Crippen molar-refractivity contribution in [2.75, 3.05) is 19.7 Å². The Hall–Kier alpha value is -0.730. The summed E-state index contributed by atoms with van der Waals surface area (Å²) in [6.07, 6.45) is 1.17. The fourth-order valence-corrected chi connectivity index (χ4v) is 3.12. The van der Waals surface area contributed by atoms with Gasteiger partial charge in [-0.1, -0.05) is 32.4 Å². The van der Waals surface area contributed by atoms with Gasteiger partial charge in [-0.15, -0.1) is 0 Å². The number of fused-ring (bicyclic) bond motifs is 1. The Morgan fingerprint density at radius 1 is 1.42 bits per heavy atom. The van der Waals surface area contributed by atoms with Crippen molar-refractivity contribution in [2.45, 2.75) is 46.6 Å². The third-order valence-corrected chi connectivity index (χ3v) is 4.14. The van der Waals surface area contributed by atoms with Crippen LogP contribution in [0.3, 0.4) is 0 Å². The second-order valence-electron chi connectivity index (χ2n) is 5.66. The van der Waals surface area contributed by atoms with E-state index in [-0.39, 0.29) is 0 Å². The summed E-state index contributed by atoms with van der Waals surface area (Å²) in [5, 5.41) is 0.766. The topological polar surface area (TPSA) is 12.5 Å². The minimum atomic E-state index is 0.491. The largest absolute Gasteiger partial charge is 0.490 e. The van der Waals surface area contributed by atoms with Gasteiger partial charge in [0.25, 0.3) is 0 Å². The third-order valence-electron chi connectivity index (χ3n) is 3.86. The molecule has 0 unspecified atom stereocenters. The Bertz CT molecular complexity index is 457. The summed E-state index contributed by atoms with van der Waals surface area (Å²) in [6, 6.07) is 2.08. The van der Waals surface area contributed by atoms with Crippen molar-refractivity contribution in [3.05, 3.63) is 27.8 Å². The van der Waals surface area contributed by atoms with Crippen LogP contribution in [-0.4, -0.2) is 24.6 Å². The van der Waals surface area contributed by atoms with Crippen molar-refractivity contribution in [2.24, 2.45) is 0 Å². The number of hydrogen-bond donors (Lipinski definition) is 0. The van der Waals surface area contributed by atoms with Crippen molar-refractivity contribution in [1.82, 2.24) is 4.90 Å². The van der Waals surface area contributed by atoms with E-state index >= 15 is 0 Å². The van der Waals surface area contributed by atoms with Gasteiger partial charge in [0.2, 0.25) is 0 Å². The van der Waals surface area contributed by atoms with Crippen molar-refractivity contribution in [3.63, 3.8) is 0 Å². The Labute approximate surface area is 121 Å². The second-order valence-corrected chi connectivity index (χ2v) is 6.07. The van der Waals surface area contributed by atoms with Gasteiger partial charge in [0.05, 0.1) is 5.02 Å². The number of hydrogen-bond acceptors (Lipinski definition) is 2. The first-order chi connectivity index (χ1) is 9.04. The normalized spacial score (nSPS) is 16.1. The monoisotopic (exact) mass is 281 g/mol. The van der Waals surface area contributed by atoms with Gasteiger partial charge in [-0.05, 0) is 43.0 Å². The van der Waals surface area contributed by atoms with Crippen LogP contribution in [0.25, 0.3) is 0 Å². The molecule has 1 heterocycles. The van der Waals surface area contributed by atoms with E-state index in [1.165, 1.54) is 23.1 Å². The van der Waals surface area contributed by atoms with Gasteiger partial charge < -0.3 is 4.74 Å². The molecule has 0 bridgehead atoms. The standard InChI is InChI=1S/C16H24ClNO/c1-5-6-18-7-8-19-16-14(10-18)12(4)13(11(2)3)9-15(16)17/h9,11H,5-8,10H2,1-4H3. The van der Waals surface area contributed by atoms with Crippen molar-refractivity contribution in [3.8, 4) is 5.75 Å². The van der Waals surface area contributed by atoms with Gasteiger partial charge in [-0.3, -0.25) is 4.90 Å². The van der Waals surface area contributed by atoms with Gasteiger partial charge >= 0.3 is 0 Å². The highest BCUT2D eigenvalue weighted by molar-refractivity contribution is 6.32. The molecule has 0 aromatic heterocycles. The highest BCUT2D eigenvalue weighted by atomic mass is 35.5. The van der Waals surface area contributed by atoms with Crippen LogP contribution in [0.5, 0.6) is 5.75 Å². The molecule has 0 radical (unpaired) electrons. The molecule has 1 aromatic rings. The molecule has 2 nitrogen and oxygen atoms in total. The summed E-state index contributed by atoms with van der Waals surface area (Å²) in [7, 11) is 0. The zero-order valence-electron chi connectivity index (χ0n) is 12.4. The summed E-state index contributed by atoms with van der Waals surface area (Å²) >= 11 is 6.42. The molecule has 1 aliphatic rings. The lowest BCUT2D eigenvalue weighted by Crippen LogP contribution is -2.26. The van der Waals surface area contributed by atoms with Gasteiger partial charge in [0.1, 0.15) is 12.4 Å². The van der Waals surface area contributed by atoms with E-state index in [1.54, 1.807) is 0 Å². The van der Waals surface area contributed by atoms with Crippen LogP contribution in [0, 0.1) is 6.92 Å². The average Bonchev–Trinajstić information content (AvgIpc) is 2.57. The summed E-state index contributed by atoms with van der Waals surface area (Å²) in [5.74, 6) is 1.40. The molecular formula is C16H24ClNO. The number of ether oxygens (including phenoxy) is 1. The second kappa shape index (κ2) is 6.15. The van der Waals surface area contributed by atoms with Crippen LogP contribution in [0.2, 0.25) is 5.02 Å². The first kappa shape index (κ1) is 14.7. The molecule has 0 amide bonds. The van der Waals surface area contributed by atoms with Crippen molar-refractivity contribution < 1.29 is 4.74 Å². The Morgan fingerprint density at radius 2 is 2.16 bits per heavy atom. The number of nitrogens with zero attached hydrogens (tertiary/aromatic N) is 1. The Morgan fingerprint density at radius 3 is 2.79 bits per heavy atom. The lowest BCUT2D eigenvalue weighted by Gasteiger charge is -2.21. The SMILES string of the molecule is CCCN1CCOc2c(Cl)cc(C(C)C)c(C)c2C1. The molecular weight excluding hydrogens is 258 g/mol. The van der Waals surface area contributed by atoms with Gasteiger partial charge in [0, 0.05) is 18.7 Å². The van der Waals surface area contributed by atoms with E-state index in [9.17, 15) is 0 Å². The van der Waals surface area contributed by atoms with Crippen LogP contribution in [0.15, 0.2) is 6.07 Å². The van der Waals surface area contributed by atoms with Crippen molar-refractivity contribution in [1.29, 1.82) is 0 Å². The molecule has 0 N–H and O–H groups in total. The number of halogens is 1. The molecule has 0 saturated heterocycles. The summed E-state index contributed by atoms with van der Waals surface area (Å²) < 4.78 is 5.90. The van der Waals surface area contributed by atoms with Gasteiger partial charge in [0.15, 0.2) is 0 Å². The molecule has 2 rings (SSSR count). The summed E-state index contributed by atoms with van der Waals surface area (Å²) in [4.78, 5) is 2.46. The van der Waals surface area contributed by atoms with Crippen LogP contribution in [-0.2, 0) is 6.54 Å². The van der Waals surface area contributed by atoms with E-state index in [1.807, 2.05) is 0 Å². The molecule has 0 saturated carbocycles. The highest BCUT2D eigenvalue weighted by Crippen LogP contribution is 2.38. The van der Waals surface area contributed by atoms with Gasteiger partial charge in [-0.25, -0.2) is 0 Å². The Kier molecular flexibility index (Phi) is 4.75. The molecule has 0 aliphatic carbocycles. The van der Waals surface area contributed by atoms with E-state index in [4.69, 9.17) is 16.3 Å². The van der Waals surface area contributed by atoms with Crippen LogP contribution < -0.4 is 4.74 Å². The third kappa shape index (κ3) is 3.06. The molecule has 106 valence electrons. The van der Waals surface area contributed by atoms with E-state index in [0.29, 0.717) is 5.92 Å². The maximum atomic E-state index is 6.42. The molecule has 3 heteroatoms. The zero-order valence-corrected chi connectivity index (χ0v) is 13.2. The highest BCUT2D eigenvalue weighted by Gasteiger charge is 2.22. The van der Waals surface area contributed by atoms with Crippen LogP contribution in [0.4, 0.5) is 0 Å². The quantitative estimate of drug-likeness (QED) is 0.815. The number of rotatable bonds is 3. The molecule has 1 aromatic carbocycles. The molecule has 1 aliphatic heterocycles. The molecule has 0 spiro atoms. The molecule has 0 atom stereocenters. The summed E-state index contributed by atoms with van der Waals surface area (Å²) in [6.45, 7) is 12.6. The minimum absolute atomic E-state index is 0.491. The van der Waals surface area contributed by atoms with Gasteiger partial charge in [-0.2, -0.15) is 0 Å². The van der Waals surface area contributed by atoms with E-state index in [0.717, 1.165) is 37.0 Å². The average molecular weight is 282 g/mol.